The van der Waals surface area contributed by atoms with Crippen molar-refractivity contribution in [3.05, 3.63) is 106 Å². The van der Waals surface area contributed by atoms with Crippen LogP contribution in [-0.2, 0) is 13.6 Å². The molecule has 0 aliphatic carbocycles. The van der Waals surface area contributed by atoms with Crippen molar-refractivity contribution in [2.45, 2.75) is 31.2 Å². The van der Waals surface area contributed by atoms with Crippen LogP contribution in [0, 0.1) is 0 Å². The number of likely N-dealkylation sites (tertiary alicyclic amines) is 1. The van der Waals surface area contributed by atoms with Crippen molar-refractivity contribution in [2.75, 3.05) is 50.5 Å². The van der Waals surface area contributed by atoms with Gasteiger partial charge in [0.15, 0.2) is 0 Å². The van der Waals surface area contributed by atoms with Crippen molar-refractivity contribution in [1.82, 2.24) is 29.3 Å². The quantitative estimate of drug-likeness (QED) is 0.258. The second-order valence-corrected chi connectivity index (χ2v) is 12.3. The number of likely N-dealkylation sites (N-methyl/N-ethyl adjacent to an activating group) is 1. The highest BCUT2D eigenvalue weighted by molar-refractivity contribution is 5.81. The van der Waals surface area contributed by atoms with Gasteiger partial charge in [0.1, 0.15) is 11.3 Å². The standard InChI is InChI=1S/C35H40N8O/c1-40-17-14-26(22-40)24-9-11-29(12-10-24)38-35-37-21-28-19-31(42(3)30-7-5-4-6-8-30)34(44)43(33(28)39-35)23-27-15-18-41(2)32(27)25-13-16-36-20-25/h4-12,15,18-19,21,25-26,36H,13-14,16-17,20,22-23H2,1-3H3,(H,37,38,39). The van der Waals surface area contributed by atoms with E-state index in [9.17, 15) is 4.79 Å². The first kappa shape index (κ1) is 28.3. The maximum absolute atomic E-state index is 14.3. The Hall–Kier alpha value is -4.47. The van der Waals surface area contributed by atoms with Crippen molar-refractivity contribution < 1.29 is 0 Å². The van der Waals surface area contributed by atoms with E-state index in [0.29, 0.717) is 35.7 Å². The Morgan fingerprint density at radius 3 is 2.57 bits per heavy atom. The maximum Gasteiger partial charge on any atom is 0.276 e. The van der Waals surface area contributed by atoms with Gasteiger partial charge in [-0.15, -0.1) is 0 Å². The number of fused-ring (bicyclic) bond motifs is 1. The van der Waals surface area contributed by atoms with E-state index in [0.717, 1.165) is 54.9 Å². The van der Waals surface area contributed by atoms with Crippen molar-refractivity contribution in [3.8, 4) is 0 Å². The fraction of sp³-hybridized carbons (Fsp3) is 0.343. The average Bonchev–Trinajstić information content (AvgIpc) is 3.81. The fourth-order valence-electron chi connectivity index (χ4n) is 6.89. The molecule has 0 spiro atoms. The molecule has 9 nitrogen and oxygen atoms in total. The molecule has 3 aromatic heterocycles. The van der Waals surface area contributed by atoms with Gasteiger partial charge in [-0.25, -0.2) is 4.98 Å². The topological polar surface area (TPSA) is 83.2 Å². The lowest BCUT2D eigenvalue weighted by atomic mass is 9.98. The van der Waals surface area contributed by atoms with E-state index in [2.05, 4.69) is 75.7 Å². The lowest BCUT2D eigenvalue weighted by Gasteiger charge is -2.22. The van der Waals surface area contributed by atoms with Crippen LogP contribution in [0.3, 0.4) is 0 Å². The molecule has 2 fully saturated rings. The number of pyridine rings is 1. The van der Waals surface area contributed by atoms with Gasteiger partial charge in [0, 0.05) is 68.0 Å². The largest absolute Gasteiger partial charge is 0.354 e. The van der Waals surface area contributed by atoms with E-state index in [-0.39, 0.29) is 5.56 Å². The molecular formula is C35H40N8O. The van der Waals surface area contributed by atoms with E-state index >= 15 is 0 Å². The minimum absolute atomic E-state index is 0.0845. The number of anilines is 4. The van der Waals surface area contributed by atoms with Crippen LogP contribution in [0.25, 0.3) is 11.0 Å². The Bertz CT molecular complexity index is 1820. The van der Waals surface area contributed by atoms with E-state index in [4.69, 9.17) is 4.98 Å². The zero-order valence-electron chi connectivity index (χ0n) is 25.7. The van der Waals surface area contributed by atoms with Crippen molar-refractivity contribution in [1.29, 1.82) is 0 Å². The average molecular weight is 589 g/mol. The van der Waals surface area contributed by atoms with Gasteiger partial charge in [0.2, 0.25) is 5.95 Å². The Morgan fingerprint density at radius 1 is 1.02 bits per heavy atom. The lowest BCUT2D eigenvalue weighted by Crippen LogP contribution is -2.28. The molecule has 2 unspecified atom stereocenters. The maximum atomic E-state index is 14.3. The van der Waals surface area contributed by atoms with Gasteiger partial charge in [-0.1, -0.05) is 30.3 Å². The minimum atomic E-state index is -0.0845. The summed E-state index contributed by atoms with van der Waals surface area (Å²) >= 11 is 0. The molecule has 0 amide bonds. The summed E-state index contributed by atoms with van der Waals surface area (Å²) in [6, 6.07) is 22.6. The molecule has 7 rings (SSSR count). The molecule has 226 valence electrons. The molecule has 2 aliphatic rings. The summed E-state index contributed by atoms with van der Waals surface area (Å²) in [5.74, 6) is 1.46. The Kier molecular flexibility index (Phi) is 7.66. The zero-order chi connectivity index (χ0) is 30.2. The third kappa shape index (κ3) is 5.49. The van der Waals surface area contributed by atoms with Gasteiger partial charge in [0.25, 0.3) is 5.56 Å². The fourth-order valence-corrected chi connectivity index (χ4v) is 6.89. The van der Waals surface area contributed by atoms with Crippen LogP contribution < -0.4 is 21.1 Å². The van der Waals surface area contributed by atoms with Crippen LogP contribution in [-0.4, -0.2) is 64.3 Å². The minimum Gasteiger partial charge on any atom is -0.354 e. The van der Waals surface area contributed by atoms with Gasteiger partial charge in [0.05, 0.1) is 6.54 Å². The highest BCUT2D eigenvalue weighted by atomic mass is 16.1. The predicted octanol–water partition coefficient (Wildman–Crippen LogP) is 5.19. The number of rotatable bonds is 8. The second-order valence-electron chi connectivity index (χ2n) is 12.3. The van der Waals surface area contributed by atoms with E-state index < -0.39 is 0 Å². The molecule has 2 N–H and O–H groups in total. The van der Waals surface area contributed by atoms with Gasteiger partial charge < -0.3 is 25.0 Å². The first-order valence-electron chi connectivity index (χ1n) is 15.5. The monoisotopic (exact) mass is 588 g/mol. The molecule has 2 atom stereocenters. The molecule has 2 aromatic carbocycles. The summed E-state index contributed by atoms with van der Waals surface area (Å²) in [6.07, 6.45) is 6.20. The van der Waals surface area contributed by atoms with Crippen molar-refractivity contribution in [3.63, 3.8) is 0 Å². The van der Waals surface area contributed by atoms with E-state index in [1.807, 2.05) is 59.1 Å². The van der Waals surface area contributed by atoms with Gasteiger partial charge in [-0.05, 0) is 86.4 Å². The summed E-state index contributed by atoms with van der Waals surface area (Å²) in [6.45, 7) is 4.63. The second kappa shape index (κ2) is 11.9. The van der Waals surface area contributed by atoms with E-state index in [1.165, 1.54) is 17.7 Å². The number of nitrogens with one attached hydrogen (secondary N) is 2. The highest BCUT2D eigenvalue weighted by Gasteiger charge is 2.24. The summed E-state index contributed by atoms with van der Waals surface area (Å²) in [5, 5.41) is 7.69. The SMILES string of the molecule is CN1CCC(c2ccc(Nc3ncc4cc(N(C)c5ccccc5)c(=O)n(Cc5ccn(C)c5C5CCNC5)c4n3)cc2)C1. The smallest absolute Gasteiger partial charge is 0.276 e. The molecule has 2 saturated heterocycles. The number of hydrogen-bond acceptors (Lipinski definition) is 7. The molecule has 5 heterocycles. The Labute approximate surface area is 258 Å². The van der Waals surface area contributed by atoms with Gasteiger partial charge in [-0.2, -0.15) is 4.98 Å². The summed E-state index contributed by atoms with van der Waals surface area (Å²) in [7, 11) is 6.21. The number of aromatic nitrogens is 4. The molecule has 0 bridgehead atoms. The van der Waals surface area contributed by atoms with E-state index in [1.54, 1.807) is 0 Å². The van der Waals surface area contributed by atoms with Crippen LogP contribution in [0.5, 0.6) is 0 Å². The number of nitrogens with zero attached hydrogens (tertiary/aromatic N) is 6. The molecule has 0 saturated carbocycles. The predicted molar refractivity (Wildman–Crippen MR) is 178 cm³/mol. The third-order valence-corrected chi connectivity index (χ3v) is 9.33. The first-order chi connectivity index (χ1) is 21.4. The zero-order valence-corrected chi connectivity index (χ0v) is 25.7. The molecule has 5 aromatic rings. The van der Waals surface area contributed by atoms with Crippen LogP contribution in [0.15, 0.2) is 83.9 Å². The van der Waals surface area contributed by atoms with Crippen molar-refractivity contribution >= 4 is 34.0 Å². The normalized spacial score (nSPS) is 18.7. The summed E-state index contributed by atoms with van der Waals surface area (Å²) in [5.41, 5.74) is 6.76. The van der Waals surface area contributed by atoms with Crippen molar-refractivity contribution in [2.24, 2.45) is 7.05 Å². The van der Waals surface area contributed by atoms with Gasteiger partial charge in [-0.3, -0.25) is 9.36 Å². The van der Waals surface area contributed by atoms with Crippen LogP contribution >= 0.6 is 0 Å². The lowest BCUT2D eigenvalue weighted by molar-refractivity contribution is 0.411. The molecule has 2 aliphatic heterocycles. The number of para-hydroxylation sites is 1. The molecular weight excluding hydrogens is 548 g/mol. The van der Waals surface area contributed by atoms with Gasteiger partial charge >= 0.3 is 0 Å². The van der Waals surface area contributed by atoms with Crippen LogP contribution in [0.2, 0.25) is 0 Å². The highest BCUT2D eigenvalue weighted by Crippen LogP contribution is 2.30. The number of hydrogen-bond donors (Lipinski definition) is 2. The first-order valence-corrected chi connectivity index (χ1v) is 15.5. The molecule has 44 heavy (non-hydrogen) atoms. The number of benzene rings is 2. The Morgan fingerprint density at radius 2 is 1.84 bits per heavy atom. The molecule has 9 heteroatoms. The Balaban J connectivity index is 1.27. The van der Waals surface area contributed by atoms with Crippen LogP contribution in [0.1, 0.15) is 41.5 Å². The van der Waals surface area contributed by atoms with Crippen LogP contribution in [0.4, 0.5) is 23.0 Å². The summed E-state index contributed by atoms with van der Waals surface area (Å²) in [4.78, 5) is 28.3. The molecule has 0 radical (unpaired) electrons. The summed E-state index contributed by atoms with van der Waals surface area (Å²) < 4.78 is 4.02. The third-order valence-electron chi connectivity index (χ3n) is 9.33. The number of aryl methyl sites for hydroxylation is 1.